The Hall–Kier alpha value is -3.13. The van der Waals surface area contributed by atoms with E-state index in [2.05, 4.69) is 11.2 Å². The first-order chi connectivity index (χ1) is 11.1. The van der Waals surface area contributed by atoms with Gasteiger partial charge < -0.3 is 19.7 Å². The Balaban J connectivity index is 1.95. The minimum atomic E-state index is -0.179. The van der Waals surface area contributed by atoms with E-state index >= 15 is 0 Å². The van der Waals surface area contributed by atoms with Gasteiger partial charge in [-0.3, -0.25) is 0 Å². The molecule has 2 amide bonds. The molecule has 0 aromatic heterocycles. The first-order valence-electron chi connectivity index (χ1n) is 7.01. The van der Waals surface area contributed by atoms with Crippen LogP contribution in [0.1, 0.15) is 0 Å². The number of ether oxygens (including phenoxy) is 2. The van der Waals surface area contributed by atoms with Crippen molar-refractivity contribution in [3.63, 3.8) is 0 Å². The van der Waals surface area contributed by atoms with Crippen LogP contribution in [0.15, 0.2) is 48.5 Å². The second kappa shape index (κ2) is 7.76. The van der Waals surface area contributed by atoms with Crippen LogP contribution in [0, 0.1) is 12.3 Å². The molecule has 0 atom stereocenters. The predicted octanol–water partition coefficient (Wildman–Crippen LogP) is 3.58. The molecule has 2 aromatic rings. The number of urea groups is 1. The lowest BCUT2D eigenvalue weighted by molar-refractivity contribution is 0.230. The topological polar surface area (TPSA) is 50.8 Å². The molecule has 0 fully saturated rings. The Labute approximate surface area is 135 Å². The number of terminal acetylenes is 1. The molecular formula is C18H18N2O3. The number of nitrogens with one attached hydrogen (secondary N) is 1. The van der Waals surface area contributed by atoms with Gasteiger partial charge in [0.1, 0.15) is 23.9 Å². The van der Waals surface area contributed by atoms with E-state index in [1.54, 1.807) is 62.6 Å². The maximum Gasteiger partial charge on any atom is 0.321 e. The molecule has 23 heavy (non-hydrogen) atoms. The van der Waals surface area contributed by atoms with Gasteiger partial charge in [0, 0.05) is 19.8 Å². The fourth-order valence-electron chi connectivity index (χ4n) is 1.71. The number of nitrogens with zero attached hydrogens (tertiary/aromatic N) is 1. The van der Waals surface area contributed by atoms with E-state index in [0.29, 0.717) is 22.9 Å². The highest BCUT2D eigenvalue weighted by Crippen LogP contribution is 2.25. The van der Waals surface area contributed by atoms with Gasteiger partial charge in [-0.25, -0.2) is 4.79 Å². The zero-order chi connectivity index (χ0) is 16.7. The molecule has 5 heteroatoms. The molecule has 0 heterocycles. The molecule has 118 valence electrons. The van der Waals surface area contributed by atoms with E-state index in [4.69, 9.17) is 15.9 Å². The highest BCUT2D eigenvalue weighted by Gasteiger charge is 2.04. The molecule has 1 N–H and O–H groups in total. The summed E-state index contributed by atoms with van der Waals surface area (Å²) in [6.45, 7) is 0.236. The molecule has 0 aliphatic heterocycles. The van der Waals surface area contributed by atoms with Crippen LogP contribution in [0.5, 0.6) is 17.2 Å². The fourth-order valence-corrected chi connectivity index (χ4v) is 1.71. The molecule has 2 rings (SSSR count). The number of benzene rings is 2. The molecule has 0 unspecified atom stereocenters. The number of anilines is 1. The number of hydrogen-bond acceptors (Lipinski definition) is 3. The molecule has 0 saturated heterocycles. The molecular weight excluding hydrogens is 292 g/mol. The summed E-state index contributed by atoms with van der Waals surface area (Å²) in [5.74, 6) is 4.46. The van der Waals surface area contributed by atoms with Gasteiger partial charge in [-0.05, 0) is 48.5 Å². The van der Waals surface area contributed by atoms with Gasteiger partial charge >= 0.3 is 6.03 Å². The van der Waals surface area contributed by atoms with Crippen molar-refractivity contribution >= 4 is 11.7 Å². The third-order valence-corrected chi connectivity index (χ3v) is 2.89. The molecule has 0 aliphatic carbocycles. The lowest BCUT2D eigenvalue weighted by Crippen LogP contribution is -2.27. The van der Waals surface area contributed by atoms with Crippen LogP contribution in [0.3, 0.4) is 0 Å². The first-order valence-corrected chi connectivity index (χ1v) is 7.01. The lowest BCUT2D eigenvalue weighted by atomic mass is 10.3. The lowest BCUT2D eigenvalue weighted by Gasteiger charge is -2.12. The molecule has 0 bridgehead atoms. The van der Waals surface area contributed by atoms with Crippen molar-refractivity contribution in [3.05, 3.63) is 48.5 Å². The van der Waals surface area contributed by atoms with Crippen LogP contribution in [-0.2, 0) is 0 Å². The van der Waals surface area contributed by atoms with Gasteiger partial charge in [0.15, 0.2) is 0 Å². The van der Waals surface area contributed by atoms with Gasteiger partial charge in [-0.2, -0.15) is 0 Å². The first kappa shape index (κ1) is 16.2. The van der Waals surface area contributed by atoms with Crippen molar-refractivity contribution in [1.82, 2.24) is 4.90 Å². The van der Waals surface area contributed by atoms with Gasteiger partial charge in [0.05, 0.1) is 0 Å². The van der Waals surface area contributed by atoms with Crippen molar-refractivity contribution < 1.29 is 14.3 Å². The third-order valence-electron chi connectivity index (χ3n) is 2.89. The van der Waals surface area contributed by atoms with E-state index < -0.39 is 0 Å². The van der Waals surface area contributed by atoms with Crippen LogP contribution in [0.4, 0.5) is 10.5 Å². The summed E-state index contributed by atoms with van der Waals surface area (Å²) in [6.07, 6.45) is 5.14. The minimum Gasteiger partial charge on any atom is -0.481 e. The number of hydrogen-bond donors (Lipinski definition) is 1. The normalized spacial score (nSPS) is 9.61. The van der Waals surface area contributed by atoms with Gasteiger partial charge in [0.2, 0.25) is 0 Å². The molecule has 0 spiro atoms. The third kappa shape index (κ3) is 4.97. The van der Waals surface area contributed by atoms with E-state index in [1.807, 2.05) is 0 Å². The van der Waals surface area contributed by atoms with E-state index in [0.717, 1.165) is 0 Å². The maximum atomic E-state index is 11.6. The minimum absolute atomic E-state index is 0.179. The maximum absolute atomic E-state index is 11.6. The van der Waals surface area contributed by atoms with Crippen molar-refractivity contribution in [2.75, 3.05) is 26.0 Å². The summed E-state index contributed by atoms with van der Waals surface area (Å²) in [5.41, 5.74) is 0.703. The summed E-state index contributed by atoms with van der Waals surface area (Å²) in [7, 11) is 3.37. The summed E-state index contributed by atoms with van der Waals surface area (Å²) < 4.78 is 11.0. The summed E-state index contributed by atoms with van der Waals surface area (Å²) in [5, 5.41) is 2.76. The molecule has 0 aliphatic rings. The Bertz CT molecular complexity index is 686. The SMILES string of the molecule is C#CCOc1ccc(Oc2ccc(NC(=O)N(C)C)cc2)cc1. The predicted molar refractivity (Wildman–Crippen MR) is 90.0 cm³/mol. The van der Waals surface area contributed by atoms with Crippen LogP contribution in [0.2, 0.25) is 0 Å². The number of carbonyl (C=O) groups excluding carboxylic acids is 1. The average Bonchev–Trinajstić information content (AvgIpc) is 2.56. The number of amides is 2. The standard InChI is InChI=1S/C18H18N2O3/c1-4-13-22-15-9-11-17(12-10-15)23-16-7-5-14(6-8-16)19-18(21)20(2)3/h1,5-12H,13H2,2-3H3,(H,19,21). The molecule has 0 radical (unpaired) electrons. The quantitative estimate of drug-likeness (QED) is 0.859. The smallest absolute Gasteiger partial charge is 0.321 e. The fraction of sp³-hybridized carbons (Fsp3) is 0.167. The summed E-state index contributed by atoms with van der Waals surface area (Å²) in [4.78, 5) is 13.0. The van der Waals surface area contributed by atoms with Gasteiger partial charge in [0.25, 0.3) is 0 Å². The highest BCUT2D eigenvalue weighted by atomic mass is 16.5. The zero-order valence-corrected chi connectivity index (χ0v) is 13.1. The second-order valence-corrected chi connectivity index (χ2v) is 4.92. The van der Waals surface area contributed by atoms with Crippen molar-refractivity contribution in [2.24, 2.45) is 0 Å². The number of rotatable bonds is 5. The van der Waals surface area contributed by atoms with Gasteiger partial charge in [-0.15, -0.1) is 6.42 Å². The van der Waals surface area contributed by atoms with Crippen molar-refractivity contribution in [3.8, 4) is 29.6 Å². The summed E-state index contributed by atoms with van der Waals surface area (Å²) >= 11 is 0. The van der Waals surface area contributed by atoms with Crippen LogP contribution in [0.25, 0.3) is 0 Å². The molecule has 0 saturated carbocycles. The Morgan fingerprint density at radius 1 is 1.04 bits per heavy atom. The largest absolute Gasteiger partial charge is 0.481 e. The van der Waals surface area contributed by atoms with Crippen molar-refractivity contribution in [1.29, 1.82) is 0 Å². The van der Waals surface area contributed by atoms with Gasteiger partial charge in [-0.1, -0.05) is 5.92 Å². The molecule has 5 nitrogen and oxygen atoms in total. The van der Waals surface area contributed by atoms with Crippen LogP contribution in [-0.4, -0.2) is 31.6 Å². The Morgan fingerprint density at radius 2 is 1.57 bits per heavy atom. The van der Waals surface area contributed by atoms with Crippen LogP contribution < -0.4 is 14.8 Å². The highest BCUT2D eigenvalue weighted by molar-refractivity contribution is 5.88. The summed E-state index contributed by atoms with van der Waals surface area (Å²) in [6, 6.07) is 14.1. The van der Waals surface area contributed by atoms with E-state index in [1.165, 1.54) is 4.90 Å². The average molecular weight is 310 g/mol. The number of carbonyl (C=O) groups is 1. The zero-order valence-electron chi connectivity index (χ0n) is 13.1. The Kier molecular flexibility index (Phi) is 5.48. The van der Waals surface area contributed by atoms with E-state index in [9.17, 15) is 4.79 Å². The van der Waals surface area contributed by atoms with E-state index in [-0.39, 0.29) is 12.6 Å². The Morgan fingerprint density at radius 3 is 2.09 bits per heavy atom. The molecule has 2 aromatic carbocycles. The monoisotopic (exact) mass is 310 g/mol. The van der Waals surface area contributed by atoms with Crippen LogP contribution >= 0.6 is 0 Å². The van der Waals surface area contributed by atoms with Crippen molar-refractivity contribution in [2.45, 2.75) is 0 Å². The second-order valence-electron chi connectivity index (χ2n) is 4.92.